The van der Waals surface area contributed by atoms with E-state index in [1.165, 1.54) is 30.3 Å². The Morgan fingerprint density at radius 1 is 0.513 bits per heavy atom. The quantitative estimate of drug-likeness (QED) is 0.224. The van der Waals surface area contributed by atoms with Crippen molar-refractivity contribution in [2.45, 2.75) is 34.6 Å². The summed E-state index contributed by atoms with van der Waals surface area (Å²) in [7, 11) is 0. The molecule has 4 rings (SSSR count). The van der Waals surface area contributed by atoms with Crippen molar-refractivity contribution in [1.82, 2.24) is 0 Å². The standard InChI is InChI=1S/C32H28O7/c1-18-7-12-28(22(5)14-18)38-30(34)24-17-23(10-9-21(24)4)37-32(36)26-16-20(3)8-13-29(26)39-31(35)25-15-19(2)6-11-27(25)33/h6-17,33H,1-5H3. The van der Waals surface area contributed by atoms with Crippen LogP contribution in [0.5, 0.6) is 23.0 Å². The van der Waals surface area contributed by atoms with E-state index >= 15 is 0 Å². The number of aryl methyl sites for hydroxylation is 5. The highest BCUT2D eigenvalue weighted by Crippen LogP contribution is 2.27. The van der Waals surface area contributed by atoms with Gasteiger partial charge in [0.25, 0.3) is 0 Å². The SMILES string of the molecule is Cc1ccc(OC(=O)c2cc(OC(=O)c3cc(C)ccc3OC(=O)c3cc(C)ccc3O)ccc2C)c(C)c1. The summed E-state index contributed by atoms with van der Waals surface area (Å²) in [5.41, 5.74) is 4.24. The van der Waals surface area contributed by atoms with Crippen molar-refractivity contribution in [3.63, 3.8) is 0 Å². The summed E-state index contributed by atoms with van der Waals surface area (Å²) in [6, 6.07) is 19.4. The minimum atomic E-state index is -0.819. The highest BCUT2D eigenvalue weighted by molar-refractivity contribution is 5.99. The Bertz CT molecular complexity index is 1600. The summed E-state index contributed by atoms with van der Waals surface area (Å²) in [6.45, 7) is 9.12. The molecule has 7 heteroatoms. The number of rotatable bonds is 6. The van der Waals surface area contributed by atoms with Crippen LogP contribution in [0.25, 0.3) is 0 Å². The average Bonchev–Trinajstić information content (AvgIpc) is 2.89. The number of benzene rings is 4. The van der Waals surface area contributed by atoms with Crippen LogP contribution in [0, 0.1) is 34.6 Å². The van der Waals surface area contributed by atoms with Crippen molar-refractivity contribution in [1.29, 1.82) is 0 Å². The zero-order valence-electron chi connectivity index (χ0n) is 22.3. The Balaban J connectivity index is 1.57. The van der Waals surface area contributed by atoms with E-state index in [1.807, 2.05) is 26.0 Å². The molecular weight excluding hydrogens is 496 g/mol. The monoisotopic (exact) mass is 524 g/mol. The van der Waals surface area contributed by atoms with Gasteiger partial charge in [-0.15, -0.1) is 0 Å². The molecule has 0 heterocycles. The molecular formula is C32H28O7. The predicted molar refractivity (Wildman–Crippen MR) is 146 cm³/mol. The third-order valence-corrected chi connectivity index (χ3v) is 6.10. The maximum absolute atomic E-state index is 13.2. The molecule has 4 aromatic carbocycles. The summed E-state index contributed by atoms with van der Waals surface area (Å²) < 4.78 is 16.6. The van der Waals surface area contributed by atoms with Crippen LogP contribution in [0.2, 0.25) is 0 Å². The molecule has 0 aliphatic rings. The lowest BCUT2D eigenvalue weighted by Gasteiger charge is -2.13. The number of hydrogen-bond acceptors (Lipinski definition) is 7. The van der Waals surface area contributed by atoms with Gasteiger partial charge in [0.1, 0.15) is 34.1 Å². The number of esters is 3. The first kappa shape index (κ1) is 27.1. The summed E-state index contributed by atoms with van der Waals surface area (Å²) in [6.07, 6.45) is 0. The van der Waals surface area contributed by atoms with Gasteiger partial charge >= 0.3 is 17.9 Å². The van der Waals surface area contributed by atoms with Crippen molar-refractivity contribution in [3.8, 4) is 23.0 Å². The van der Waals surface area contributed by atoms with E-state index in [-0.39, 0.29) is 33.9 Å². The highest BCUT2D eigenvalue weighted by Gasteiger charge is 2.22. The lowest BCUT2D eigenvalue weighted by molar-refractivity contribution is 0.0693. The van der Waals surface area contributed by atoms with E-state index in [2.05, 4.69) is 0 Å². The van der Waals surface area contributed by atoms with Gasteiger partial charge in [-0.2, -0.15) is 0 Å². The van der Waals surface area contributed by atoms with Gasteiger partial charge in [-0.05, 0) is 93.8 Å². The van der Waals surface area contributed by atoms with Crippen LogP contribution in [-0.4, -0.2) is 23.0 Å². The van der Waals surface area contributed by atoms with E-state index in [0.717, 1.165) is 22.3 Å². The van der Waals surface area contributed by atoms with Gasteiger partial charge in [-0.25, -0.2) is 14.4 Å². The van der Waals surface area contributed by atoms with Crippen molar-refractivity contribution in [2.24, 2.45) is 0 Å². The van der Waals surface area contributed by atoms with Gasteiger partial charge < -0.3 is 19.3 Å². The Labute approximate surface area is 226 Å². The fourth-order valence-electron chi connectivity index (χ4n) is 3.98. The first-order valence-corrected chi connectivity index (χ1v) is 12.3. The lowest BCUT2D eigenvalue weighted by atomic mass is 10.1. The Hall–Kier alpha value is -4.91. The number of hydrogen-bond donors (Lipinski definition) is 1. The van der Waals surface area contributed by atoms with E-state index in [4.69, 9.17) is 14.2 Å². The summed E-state index contributed by atoms with van der Waals surface area (Å²) in [5.74, 6) is -1.89. The van der Waals surface area contributed by atoms with Crippen LogP contribution >= 0.6 is 0 Å². The molecule has 0 amide bonds. The average molecular weight is 525 g/mol. The predicted octanol–water partition coefficient (Wildman–Crippen LogP) is 6.59. The molecule has 0 fully saturated rings. The second-order valence-electron chi connectivity index (χ2n) is 9.43. The lowest BCUT2D eigenvalue weighted by Crippen LogP contribution is -2.16. The molecule has 0 saturated heterocycles. The van der Waals surface area contributed by atoms with Crippen molar-refractivity contribution in [3.05, 3.63) is 117 Å². The van der Waals surface area contributed by atoms with Crippen LogP contribution in [0.3, 0.4) is 0 Å². The molecule has 7 nitrogen and oxygen atoms in total. The molecule has 0 saturated carbocycles. The van der Waals surface area contributed by atoms with E-state index < -0.39 is 17.9 Å². The number of ether oxygens (including phenoxy) is 3. The van der Waals surface area contributed by atoms with E-state index in [1.54, 1.807) is 51.1 Å². The molecule has 0 aromatic heterocycles. The molecule has 0 bridgehead atoms. The molecule has 0 spiro atoms. The van der Waals surface area contributed by atoms with E-state index in [9.17, 15) is 19.5 Å². The summed E-state index contributed by atoms with van der Waals surface area (Å²) >= 11 is 0. The topological polar surface area (TPSA) is 99.1 Å². The Morgan fingerprint density at radius 3 is 1.74 bits per heavy atom. The molecule has 4 aromatic rings. The maximum Gasteiger partial charge on any atom is 0.347 e. The molecule has 1 N–H and O–H groups in total. The normalized spacial score (nSPS) is 10.6. The van der Waals surface area contributed by atoms with Crippen LogP contribution in [0.1, 0.15) is 58.9 Å². The molecule has 0 aliphatic carbocycles. The zero-order chi connectivity index (χ0) is 28.3. The summed E-state index contributed by atoms with van der Waals surface area (Å²) in [4.78, 5) is 38.9. The third-order valence-electron chi connectivity index (χ3n) is 6.10. The van der Waals surface area contributed by atoms with Gasteiger partial charge in [0.05, 0.1) is 5.56 Å². The number of phenolic OH excluding ortho intramolecular Hbond substituents is 1. The minimum absolute atomic E-state index is 0.00970. The van der Waals surface area contributed by atoms with Gasteiger partial charge in [-0.1, -0.05) is 41.5 Å². The summed E-state index contributed by atoms with van der Waals surface area (Å²) in [5, 5.41) is 10.1. The van der Waals surface area contributed by atoms with Crippen molar-refractivity contribution < 1.29 is 33.7 Å². The van der Waals surface area contributed by atoms with Crippen LogP contribution < -0.4 is 14.2 Å². The third kappa shape index (κ3) is 6.33. The second-order valence-corrected chi connectivity index (χ2v) is 9.43. The number of carbonyl (C=O) groups excluding carboxylic acids is 3. The molecule has 0 aliphatic heterocycles. The van der Waals surface area contributed by atoms with Crippen LogP contribution in [-0.2, 0) is 0 Å². The largest absolute Gasteiger partial charge is 0.507 e. The smallest absolute Gasteiger partial charge is 0.347 e. The number of carbonyl (C=O) groups is 3. The molecule has 198 valence electrons. The Kier molecular flexibility index (Phi) is 7.81. The first-order chi connectivity index (χ1) is 18.5. The minimum Gasteiger partial charge on any atom is -0.507 e. The molecule has 0 unspecified atom stereocenters. The first-order valence-electron chi connectivity index (χ1n) is 12.3. The van der Waals surface area contributed by atoms with Gasteiger partial charge in [0, 0.05) is 0 Å². The van der Waals surface area contributed by atoms with Crippen molar-refractivity contribution >= 4 is 17.9 Å². The van der Waals surface area contributed by atoms with Gasteiger partial charge in [0.2, 0.25) is 0 Å². The fraction of sp³-hybridized carbons (Fsp3) is 0.156. The molecule has 39 heavy (non-hydrogen) atoms. The molecule has 0 radical (unpaired) electrons. The Morgan fingerprint density at radius 2 is 1.05 bits per heavy atom. The highest BCUT2D eigenvalue weighted by atomic mass is 16.6. The maximum atomic E-state index is 13.2. The fourth-order valence-corrected chi connectivity index (χ4v) is 3.98. The van der Waals surface area contributed by atoms with E-state index in [0.29, 0.717) is 11.3 Å². The zero-order valence-corrected chi connectivity index (χ0v) is 22.3. The number of phenols is 1. The molecule has 0 atom stereocenters. The van der Waals surface area contributed by atoms with Gasteiger partial charge in [-0.3, -0.25) is 0 Å². The van der Waals surface area contributed by atoms with Crippen molar-refractivity contribution in [2.75, 3.05) is 0 Å². The second kappa shape index (κ2) is 11.2. The number of aromatic hydroxyl groups is 1. The van der Waals surface area contributed by atoms with Crippen LogP contribution in [0.15, 0.2) is 72.8 Å². The van der Waals surface area contributed by atoms with Gasteiger partial charge in [0.15, 0.2) is 0 Å². The van der Waals surface area contributed by atoms with Crippen LogP contribution in [0.4, 0.5) is 0 Å².